The van der Waals surface area contributed by atoms with Gasteiger partial charge in [0, 0.05) is 50.8 Å². The number of aliphatic carboxylic acids is 3. The molecule has 0 aromatic carbocycles. The summed E-state index contributed by atoms with van der Waals surface area (Å²) in [5.74, 6) is -13.8. The molecular formula is C56H92N16O17. The van der Waals surface area contributed by atoms with Crippen molar-refractivity contribution in [1.82, 2.24) is 62.3 Å². The van der Waals surface area contributed by atoms with E-state index in [9.17, 15) is 82.8 Å². The Morgan fingerprint density at radius 1 is 0.596 bits per heavy atom. The Kier molecular flexibility index (Phi) is 30.3. The number of nitrogens with zero attached hydrogens (tertiary/aromatic N) is 4. The molecule has 89 heavy (non-hydrogen) atoms. The third kappa shape index (κ3) is 24.5. The highest BCUT2D eigenvalue weighted by atomic mass is 16.4. The number of rotatable bonds is 37. The SMILES string of the molecule is CC(C)C[C@H](NC(=O)[C@@H](NC(=O)[C@@H]1CCCN1C(=O)[C@H](Cc1cnc[nH]1)NC(=O)[C@H](CCC(=O)O)NC(=O)[C@H](CCC(=O)O)NC(=O)[C@@H]1CCCN1C(=O)[C@H](C)NC(=O)[C@@H](NC(=O)[C@H](CCCN=C(N)N)NC(=O)[C@@H](N)CC(C)C)C(C)C)[C@@H](C)O)C(=O)O. The predicted molar refractivity (Wildman–Crippen MR) is 318 cm³/mol. The summed E-state index contributed by atoms with van der Waals surface area (Å²) < 4.78 is 0. The van der Waals surface area contributed by atoms with Gasteiger partial charge in [0.05, 0.1) is 18.5 Å². The van der Waals surface area contributed by atoms with Crippen LogP contribution in [0.15, 0.2) is 17.5 Å². The number of aliphatic hydroxyl groups excluding tert-OH is 1. The summed E-state index contributed by atoms with van der Waals surface area (Å²) in [6.07, 6.45) is -0.530. The van der Waals surface area contributed by atoms with Crippen LogP contribution in [0.1, 0.15) is 138 Å². The Morgan fingerprint density at radius 2 is 1.08 bits per heavy atom. The number of aromatic amines is 1. The van der Waals surface area contributed by atoms with Crippen LogP contribution in [0.25, 0.3) is 0 Å². The quantitative estimate of drug-likeness (QED) is 0.0172. The van der Waals surface area contributed by atoms with E-state index in [1.807, 2.05) is 13.8 Å². The number of H-pyrrole nitrogens is 1. The second-order valence-corrected chi connectivity index (χ2v) is 23.7. The summed E-state index contributed by atoms with van der Waals surface area (Å²) in [4.78, 5) is 188. The van der Waals surface area contributed by atoms with Gasteiger partial charge in [0.15, 0.2) is 5.96 Å². The van der Waals surface area contributed by atoms with Gasteiger partial charge in [0.1, 0.15) is 60.4 Å². The Balaban J connectivity index is 1.84. The monoisotopic (exact) mass is 1260 g/mol. The number of guanidine groups is 1. The van der Waals surface area contributed by atoms with Crippen LogP contribution in [0.3, 0.4) is 0 Å². The van der Waals surface area contributed by atoms with Crippen LogP contribution in [-0.4, -0.2) is 215 Å². The molecule has 0 aliphatic carbocycles. The molecule has 12 atom stereocenters. The average Bonchev–Trinajstić information content (AvgIpc) is 2.23. The van der Waals surface area contributed by atoms with E-state index in [1.165, 1.54) is 26.4 Å². The van der Waals surface area contributed by atoms with E-state index >= 15 is 0 Å². The summed E-state index contributed by atoms with van der Waals surface area (Å²) in [6.45, 7) is 13.1. The van der Waals surface area contributed by atoms with Crippen LogP contribution in [0.2, 0.25) is 0 Å². The number of carbonyl (C=O) groups excluding carboxylic acids is 10. The first-order valence-electron chi connectivity index (χ1n) is 29.9. The number of aromatic nitrogens is 2. The zero-order valence-electron chi connectivity index (χ0n) is 51.7. The van der Waals surface area contributed by atoms with Gasteiger partial charge in [-0.15, -0.1) is 0 Å². The molecule has 2 fully saturated rings. The first-order valence-corrected chi connectivity index (χ1v) is 29.9. The van der Waals surface area contributed by atoms with Crippen molar-refractivity contribution in [3.63, 3.8) is 0 Å². The van der Waals surface area contributed by atoms with Gasteiger partial charge in [0.25, 0.3) is 0 Å². The lowest BCUT2D eigenvalue weighted by Crippen LogP contribution is -2.61. The molecule has 33 heteroatoms. The molecule has 10 amide bonds. The second kappa shape index (κ2) is 36.1. The van der Waals surface area contributed by atoms with Crippen LogP contribution >= 0.6 is 0 Å². The highest BCUT2D eigenvalue weighted by molar-refractivity contribution is 5.99. The highest BCUT2D eigenvalue weighted by Gasteiger charge is 2.43. The van der Waals surface area contributed by atoms with Crippen LogP contribution in [0.5, 0.6) is 0 Å². The molecule has 498 valence electrons. The molecule has 2 aliphatic rings. The van der Waals surface area contributed by atoms with E-state index in [-0.39, 0.29) is 88.8 Å². The van der Waals surface area contributed by atoms with Crippen molar-refractivity contribution >= 4 is 82.9 Å². The van der Waals surface area contributed by atoms with Crippen molar-refractivity contribution in [2.75, 3.05) is 19.6 Å². The Hall–Kier alpha value is -8.49. The molecule has 1 aromatic rings. The third-order valence-corrected chi connectivity index (χ3v) is 14.8. The van der Waals surface area contributed by atoms with Crippen LogP contribution in [-0.2, 0) is 68.7 Å². The molecule has 2 saturated heterocycles. The van der Waals surface area contributed by atoms with Crippen LogP contribution < -0.4 is 59.7 Å². The minimum atomic E-state index is -1.77. The smallest absolute Gasteiger partial charge is 0.326 e. The molecule has 0 radical (unpaired) electrons. The van der Waals surface area contributed by atoms with Gasteiger partial charge in [0.2, 0.25) is 59.1 Å². The van der Waals surface area contributed by atoms with Crippen molar-refractivity contribution in [3.05, 3.63) is 18.2 Å². The van der Waals surface area contributed by atoms with Crippen molar-refractivity contribution in [3.8, 4) is 0 Å². The van der Waals surface area contributed by atoms with Crippen molar-refractivity contribution in [2.24, 2.45) is 39.9 Å². The predicted octanol–water partition coefficient (Wildman–Crippen LogP) is -3.84. The van der Waals surface area contributed by atoms with Gasteiger partial charge in [-0.05, 0) is 95.8 Å². The standard InChI is InChI=1S/C56H92N16O17/c1-27(2)22-33(57)45(78)64-34(12-9-19-61-56(58)59)48(81)69-43(29(5)6)51(84)63-30(7)53(86)71-20-10-13-39(71)49(82)66-36(16-18-42(76)77)46(79)65-35(15-17-41(74)75)47(80)67-37(24-32-25-60-26-62-32)54(87)72-21-11-14-40(72)50(83)70-44(31(8)73)52(85)68-38(55(88)89)23-28(3)4/h25-31,33-40,43-44,73H,9-24,57H2,1-8H3,(H,60,62)(H,63,84)(H,64,78)(H,65,79)(H,66,82)(H,67,80)(H,68,85)(H,69,81)(H,70,83)(H,74,75)(H,76,77)(H,88,89)(H4,58,59,61)/t30-,31+,33-,34-,35-,36-,37-,38-,39-,40-,43-,44-/m0/s1. The fourth-order valence-corrected chi connectivity index (χ4v) is 10.2. The molecule has 19 N–H and O–H groups in total. The number of nitrogens with two attached hydrogens (primary N) is 3. The van der Waals surface area contributed by atoms with E-state index in [0.29, 0.717) is 12.1 Å². The number of carboxylic acid groups (broad SMARTS) is 3. The summed E-state index contributed by atoms with van der Waals surface area (Å²) in [6, 6.07) is -15.3. The maximum absolute atomic E-state index is 14.6. The molecule has 33 nitrogen and oxygen atoms in total. The van der Waals surface area contributed by atoms with Crippen molar-refractivity contribution in [1.29, 1.82) is 0 Å². The Labute approximate surface area is 515 Å². The molecule has 3 rings (SSSR count). The van der Waals surface area contributed by atoms with Gasteiger partial charge in [-0.1, -0.05) is 41.5 Å². The number of aliphatic hydroxyl groups is 1. The highest BCUT2D eigenvalue weighted by Crippen LogP contribution is 2.22. The minimum Gasteiger partial charge on any atom is -0.481 e. The van der Waals surface area contributed by atoms with Crippen molar-refractivity contribution in [2.45, 2.75) is 211 Å². The number of carboxylic acids is 3. The first-order chi connectivity index (χ1) is 41.7. The molecule has 0 spiro atoms. The Morgan fingerprint density at radius 3 is 1.57 bits per heavy atom. The third-order valence-electron chi connectivity index (χ3n) is 14.8. The van der Waals surface area contributed by atoms with Crippen LogP contribution in [0, 0.1) is 17.8 Å². The average molecular weight is 1260 g/mol. The van der Waals surface area contributed by atoms with E-state index in [0.717, 1.165) is 9.80 Å². The molecular weight excluding hydrogens is 1170 g/mol. The fourth-order valence-electron chi connectivity index (χ4n) is 10.2. The number of likely N-dealkylation sites (tertiary alicyclic amines) is 2. The zero-order chi connectivity index (χ0) is 67.0. The van der Waals surface area contributed by atoms with Gasteiger partial charge >= 0.3 is 17.9 Å². The number of amides is 10. The normalized spacial score (nSPS) is 18.1. The number of carbonyl (C=O) groups is 13. The number of imidazole rings is 1. The van der Waals surface area contributed by atoms with E-state index in [4.69, 9.17) is 17.2 Å². The topological polar surface area (TPSA) is 525 Å². The summed E-state index contributed by atoms with van der Waals surface area (Å²) in [5.41, 5.74) is 17.3. The van der Waals surface area contributed by atoms with Gasteiger partial charge in [-0.3, -0.25) is 62.5 Å². The first kappa shape index (κ1) is 74.8. The fraction of sp³-hybridized carbons (Fsp3) is 0.696. The minimum absolute atomic E-state index is 0.000554. The molecule has 0 unspecified atom stereocenters. The van der Waals surface area contributed by atoms with E-state index < -0.39 is 181 Å². The number of aliphatic imine (C=N–C) groups is 1. The number of hydrogen-bond donors (Lipinski definition) is 16. The summed E-state index contributed by atoms with van der Waals surface area (Å²) in [5, 5.41) is 59.7. The summed E-state index contributed by atoms with van der Waals surface area (Å²) in [7, 11) is 0. The molecule has 0 bridgehead atoms. The summed E-state index contributed by atoms with van der Waals surface area (Å²) >= 11 is 0. The lowest BCUT2D eigenvalue weighted by atomic mass is 10.0. The van der Waals surface area contributed by atoms with E-state index in [1.54, 1.807) is 27.7 Å². The lowest BCUT2D eigenvalue weighted by Gasteiger charge is -2.31. The van der Waals surface area contributed by atoms with Gasteiger partial charge in [-0.25, -0.2) is 9.78 Å². The van der Waals surface area contributed by atoms with Crippen molar-refractivity contribution < 1.29 is 82.8 Å². The number of nitrogens with one attached hydrogen (secondary N) is 9. The van der Waals surface area contributed by atoms with Gasteiger partial charge < -0.3 is 94.9 Å². The molecule has 3 heterocycles. The zero-order valence-corrected chi connectivity index (χ0v) is 51.7. The molecule has 2 aliphatic heterocycles. The second-order valence-electron chi connectivity index (χ2n) is 23.7. The van der Waals surface area contributed by atoms with E-state index in [2.05, 4.69) is 57.5 Å². The maximum atomic E-state index is 14.6. The largest absolute Gasteiger partial charge is 0.481 e. The maximum Gasteiger partial charge on any atom is 0.326 e. The lowest BCUT2D eigenvalue weighted by molar-refractivity contribution is -0.145. The Bertz CT molecular complexity index is 2670. The molecule has 0 saturated carbocycles. The molecule has 1 aromatic heterocycles. The van der Waals surface area contributed by atoms with Gasteiger partial charge in [-0.2, -0.15) is 0 Å². The van der Waals surface area contributed by atoms with Crippen LogP contribution in [0.4, 0.5) is 0 Å². The number of hydrogen-bond acceptors (Lipinski definition) is 17.